The minimum Gasteiger partial charge on any atom is -0.392 e. The lowest BCUT2D eigenvalue weighted by molar-refractivity contribution is 0.100. The zero-order valence-corrected chi connectivity index (χ0v) is 12.7. The molecule has 0 aliphatic rings. The summed E-state index contributed by atoms with van der Waals surface area (Å²) in [4.78, 5) is 16.0. The van der Waals surface area contributed by atoms with Crippen molar-refractivity contribution in [3.8, 4) is 0 Å². The molecule has 0 aliphatic heterocycles. The van der Waals surface area contributed by atoms with Crippen molar-refractivity contribution in [2.45, 2.75) is 13.5 Å². The number of nitrogens with two attached hydrogens (primary N) is 1. The van der Waals surface area contributed by atoms with Gasteiger partial charge in [0.2, 0.25) is 0 Å². The molecule has 1 aromatic heterocycles. The molecule has 0 saturated carbocycles. The number of hydrogen-bond donors (Lipinski definition) is 3. The Bertz CT molecular complexity index is 891. The Balaban J connectivity index is 2.19. The van der Waals surface area contributed by atoms with Gasteiger partial charge in [0.05, 0.1) is 23.4 Å². The van der Waals surface area contributed by atoms with E-state index in [9.17, 15) is 9.90 Å². The van der Waals surface area contributed by atoms with E-state index in [4.69, 9.17) is 5.73 Å². The Kier molecular flexibility index (Phi) is 3.95. The van der Waals surface area contributed by atoms with Crippen LogP contribution in [0.3, 0.4) is 0 Å². The highest BCUT2D eigenvalue weighted by Crippen LogP contribution is 2.31. The number of hydrogen-bond acceptors (Lipinski definition) is 4. The Morgan fingerprint density at radius 2 is 2.00 bits per heavy atom. The number of anilines is 2. The standard InChI is InChI=1S/C18H17N3O2/c1-11-12(10-22)5-4-8-15(11)21-17-13-6-2-3-7-16(13)20-9-14(17)18(19)23/h2-9,22H,10H2,1H3,(H2,19,23)(H,20,21). The topological polar surface area (TPSA) is 88.2 Å². The maximum absolute atomic E-state index is 11.8. The average Bonchev–Trinajstić information content (AvgIpc) is 2.56. The second kappa shape index (κ2) is 6.06. The molecule has 4 N–H and O–H groups in total. The van der Waals surface area contributed by atoms with E-state index in [-0.39, 0.29) is 6.61 Å². The van der Waals surface area contributed by atoms with Gasteiger partial charge in [0.1, 0.15) is 0 Å². The molecule has 3 rings (SSSR count). The number of nitrogens with zero attached hydrogens (tertiary/aromatic N) is 1. The molecule has 1 amide bonds. The third-order valence-corrected chi connectivity index (χ3v) is 3.92. The first-order valence-electron chi connectivity index (χ1n) is 7.25. The number of carbonyl (C=O) groups excluding carboxylic acids is 1. The van der Waals surface area contributed by atoms with Crippen LogP contribution in [0.1, 0.15) is 21.5 Å². The molecule has 23 heavy (non-hydrogen) atoms. The van der Waals surface area contributed by atoms with Gasteiger partial charge in [-0.3, -0.25) is 9.78 Å². The van der Waals surface area contributed by atoms with Crippen molar-refractivity contribution in [3.05, 3.63) is 65.4 Å². The van der Waals surface area contributed by atoms with E-state index in [1.807, 2.05) is 49.4 Å². The first-order valence-corrected chi connectivity index (χ1v) is 7.25. The van der Waals surface area contributed by atoms with Crippen molar-refractivity contribution in [1.82, 2.24) is 4.98 Å². The number of benzene rings is 2. The van der Waals surface area contributed by atoms with Crippen LogP contribution in [0.5, 0.6) is 0 Å². The van der Waals surface area contributed by atoms with E-state index in [1.54, 1.807) is 0 Å². The number of fused-ring (bicyclic) bond motifs is 1. The number of rotatable bonds is 4. The summed E-state index contributed by atoms with van der Waals surface area (Å²) in [7, 11) is 0. The van der Waals surface area contributed by atoms with E-state index in [1.165, 1.54) is 6.20 Å². The number of aromatic nitrogens is 1. The van der Waals surface area contributed by atoms with E-state index in [2.05, 4.69) is 10.3 Å². The van der Waals surface area contributed by atoms with Gasteiger partial charge in [0.25, 0.3) is 5.91 Å². The van der Waals surface area contributed by atoms with Crippen LogP contribution in [-0.2, 0) is 6.61 Å². The van der Waals surface area contributed by atoms with E-state index in [0.29, 0.717) is 11.3 Å². The predicted octanol–water partition coefficient (Wildman–Crippen LogP) is 2.88. The fourth-order valence-corrected chi connectivity index (χ4v) is 2.59. The lowest BCUT2D eigenvalue weighted by Crippen LogP contribution is -2.14. The number of primary amides is 1. The second-order valence-corrected chi connectivity index (χ2v) is 5.30. The maximum Gasteiger partial charge on any atom is 0.252 e. The van der Waals surface area contributed by atoms with Gasteiger partial charge in [-0.2, -0.15) is 0 Å². The van der Waals surface area contributed by atoms with Gasteiger partial charge in [0, 0.05) is 17.3 Å². The highest BCUT2D eigenvalue weighted by molar-refractivity contribution is 6.07. The van der Waals surface area contributed by atoms with Crippen molar-refractivity contribution >= 4 is 28.2 Å². The van der Waals surface area contributed by atoms with Gasteiger partial charge in [-0.25, -0.2) is 0 Å². The minimum absolute atomic E-state index is 0.0406. The van der Waals surface area contributed by atoms with Crippen molar-refractivity contribution < 1.29 is 9.90 Å². The molecule has 0 unspecified atom stereocenters. The van der Waals surface area contributed by atoms with Crippen molar-refractivity contribution in [3.63, 3.8) is 0 Å². The number of aliphatic hydroxyl groups is 1. The molecular formula is C18H17N3O2. The van der Waals surface area contributed by atoms with Crippen LogP contribution in [0.2, 0.25) is 0 Å². The smallest absolute Gasteiger partial charge is 0.252 e. The fourth-order valence-electron chi connectivity index (χ4n) is 2.59. The fraction of sp³-hybridized carbons (Fsp3) is 0.111. The molecule has 1 heterocycles. The number of aliphatic hydroxyl groups excluding tert-OH is 1. The zero-order valence-electron chi connectivity index (χ0n) is 12.7. The molecule has 5 heteroatoms. The van der Waals surface area contributed by atoms with Crippen LogP contribution in [0.15, 0.2) is 48.7 Å². The minimum atomic E-state index is -0.540. The molecule has 0 spiro atoms. The van der Waals surface area contributed by atoms with Gasteiger partial charge in [-0.15, -0.1) is 0 Å². The normalized spacial score (nSPS) is 10.7. The van der Waals surface area contributed by atoms with Gasteiger partial charge < -0.3 is 16.2 Å². The van der Waals surface area contributed by atoms with Gasteiger partial charge >= 0.3 is 0 Å². The monoisotopic (exact) mass is 307 g/mol. The first-order chi connectivity index (χ1) is 11.1. The summed E-state index contributed by atoms with van der Waals surface area (Å²) in [6, 6.07) is 13.2. The number of amides is 1. The average molecular weight is 307 g/mol. The van der Waals surface area contributed by atoms with Crippen LogP contribution in [0, 0.1) is 6.92 Å². The number of pyridine rings is 1. The molecule has 2 aromatic carbocycles. The Morgan fingerprint density at radius 3 is 2.74 bits per heavy atom. The Morgan fingerprint density at radius 1 is 1.22 bits per heavy atom. The molecular weight excluding hydrogens is 290 g/mol. The lowest BCUT2D eigenvalue weighted by atomic mass is 10.0. The third-order valence-electron chi connectivity index (χ3n) is 3.92. The van der Waals surface area contributed by atoms with Crippen LogP contribution in [0.4, 0.5) is 11.4 Å². The van der Waals surface area contributed by atoms with E-state index >= 15 is 0 Å². The molecule has 3 aromatic rings. The molecule has 116 valence electrons. The maximum atomic E-state index is 11.8. The Labute approximate surface area is 133 Å². The third kappa shape index (κ3) is 2.74. The summed E-state index contributed by atoms with van der Waals surface area (Å²) in [5.74, 6) is -0.540. The SMILES string of the molecule is Cc1c(CO)cccc1Nc1c(C(N)=O)cnc2ccccc12. The van der Waals surface area contributed by atoms with E-state index in [0.717, 1.165) is 27.7 Å². The number of carbonyl (C=O) groups is 1. The Hall–Kier alpha value is -2.92. The summed E-state index contributed by atoms with van der Waals surface area (Å²) in [6.45, 7) is 1.88. The lowest BCUT2D eigenvalue weighted by Gasteiger charge is -2.16. The van der Waals surface area contributed by atoms with Crippen molar-refractivity contribution in [1.29, 1.82) is 0 Å². The van der Waals surface area contributed by atoms with Crippen LogP contribution in [-0.4, -0.2) is 16.0 Å². The second-order valence-electron chi connectivity index (χ2n) is 5.30. The molecule has 5 nitrogen and oxygen atoms in total. The highest BCUT2D eigenvalue weighted by atomic mass is 16.3. The first kappa shape index (κ1) is 15.0. The quantitative estimate of drug-likeness (QED) is 0.691. The van der Waals surface area contributed by atoms with E-state index < -0.39 is 5.91 Å². The molecule has 0 saturated heterocycles. The van der Waals surface area contributed by atoms with Gasteiger partial charge in [-0.05, 0) is 30.2 Å². The van der Waals surface area contributed by atoms with Crippen LogP contribution >= 0.6 is 0 Å². The van der Waals surface area contributed by atoms with Crippen molar-refractivity contribution in [2.24, 2.45) is 5.73 Å². The predicted molar refractivity (Wildman–Crippen MR) is 90.6 cm³/mol. The van der Waals surface area contributed by atoms with Crippen LogP contribution < -0.4 is 11.1 Å². The van der Waals surface area contributed by atoms with Gasteiger partial charge in [0.15, 0.2) is 0 Å². The molecule has 0 radical (unpaired) electrons. The number of nitrogens with one attached hydrogen (secondary N) is 1. The van der Waals surface area contributed by atoms with Crippen molar-refractivity contribution in [2.75, 3.05) is 5.32 Å². The molecule has 0 bridgehead atoms. The zero-order chi connectivity index (χ0) is 16.4. The molecule has 0 fully saturated rings. The van der Waals surface area contributed by atoms with Crippen LogP contribution in [0.25, 0.3) is 10.9 Å². The summed E-state index contributed by atoms with van der Waals surface area (Å²) in [5, 5.41) is 13.5. The number of para-hydroxylation sites is 1. The summed E-state index contributed by atoms with van der Waals surface area (Å²) < 4.78 is 0. The molecule has 0 aliphatic carbocycles. The summed E-state index contributed by atoms with van der Waals surface area (Å²) in [5.41, 5.74) is 9.79. The largest absolute Gasteiger partial charge is 0.392 e. The summed E-state index contributed by atoms with van der Waals surface area (Å²) >= 11 is 0. The van der Waals surface area contributed by atoms with Gasteiger partial charge in [-0.1, -0.05) is 30.3 Å². The highest BCUT2D eigenvalue weighted by Gasteiger charge is 2.14. The summed E-state index contributed by atoms with van der Waals surface area (Å²) in [6.07, 6.45) is 1.48. The molecule has 0 atom stereocenters.